The van der Waals surface area contributed by atoms with Gasteiger partial charge in [0, 0.05) is 18.1 Å². The fraction of sp³-hybridized carbons (Fsp3) is 0.231. The van der Waals surface area contributed by atoms with Gasteiger partial charge >= 0.3 is 6.01 Å². The minimum Gasteiger partial charge on any atom is -0.424 e. The molecule has 0 aliphatic heterocycles. The van der Waals surface area contributed by atoms with Gasteiger partial charge in [0.1, 0.15) is 5.75 Å². The number of hydrogen-bond acceptors (Lipinski definition) is 4. The molecule has 0 atom stereocenters. The number of hydrogen-bond donors (Lipinski definition) is 1. The second kappa shape index (κ2) is 4.41. The summed E-state index contributed by atoms with van der Waals surface area (Å²) in [6.45, 7) is 5.82. The van der Waals surface area contributed by atoms with Crippen molar-refractivity contribution in [1.29, 1.82) is 0 Å². The molecule has 4 heteroatoms. The lowest BCUT2D eigenvalue weighted by molar-refractivity contribution is 0.438. The quantitative estimate of drug-likeness (QED) is 0.804. The summed E-state index contributed by atoms with van der Waals surface area (Å²) in [6, 6.07) is 4.13. The number of anilines is 1. The predicted octanol–water partition coefficient (Wildman–Crippen LogP) is 2.78. The number of nitrogen functional groups attached to an aromatic ring is 1. The second-order valence-electron chi connectivity index (χ2n) is 4.12. The molecular weight excluding hydrogens is 214 g/mol. The zero-order chi connectivity index (χ0) is 12.4. The first-order chi connectivity index (χ1) is 8.06. The molecular formula is C13H15N3O. The van der Waals surface area contributed by atoms with Gasteiger partial charge in [0.05, 0.1) is 0 Å². The van der Waals surface area contributed by atoms with Gasteiger partial charge in [0.25, 0.3) is 0 Å². The van der Waals surface area contributed by atoms with E-state index in [9.17, 15) is 0 Å². The molecule has 0 aliphatic carbocycles. The molecule has 88 valence electrons. The van der Waals surface area contributed by atoms with E-state index in [0.29, 0.717) is 6.01 Å². The SMILES string of the molecule is Cc1cnc(Oc2cc(C)c(N)cc2C)nc1. The molecule has 1 aromatic carbocycles. The lowest BCUT2D eigenvalue weighted by Gasteiger charge is -2.09. The van der Waals surface area contributed by atoms with Crippen molar-refractivity contribution in [3.8, 4) is 11.8 Å². The van der Waals surface area contributed by atoms with Crippen LogP contribution in [0.25, 0.3) is 0 Å². The molecule has 2 aromatic rings. The van der Waals surface area contributed by atoms with Crippen LogP contribution in [0.4, 0.5) is 5.69 Å². The van der Waals surface area contributed by atoms with Crippen LogP contribution in [0.1, 0.15) is 16.7 Å². The Labute approximate surface area is 100 Å². The molecule has 2 rings (SSSR count). The van der Waals surface area contributed by atoms with E-state index < -0.39 is 0 Å². The predicted molar refractivity (Wildman–Crippen MR) is 67.2 cm³/mol. The maximum atomic E-state index is 5.82. The zero-order valence-electron chi connectivity index (χ0n) is 10.2. The molecule has 0 bridgehead atoms. The summed E-state index contributed by atoms with van der Waals surface area (Å²) < 4.78 is 5.62. The molecule has 0 fully saturated rings. The molecule has 1 heterocycles. The van der Waals surface area contributed by atoms with Crippen LogP contribution in [0.2, 0.25) is 0 Å². The maximum absolute atomic E-state index is 5.82. The summed E-state index contributed by atoms with van der Waals surface area (Å²) >= 11 is 0. The van der Waals surface area contributed by atoms with E-state index in [1.54, 1.807) is 12.4 Å². The van der Waals surface area contributed by atoms with Crippen LogP contribution in [-0.4, -0.2) is 9.97 Å². The van der Waals surface area contributed by atoms with Crippen LogP contribution < -0.4 is 10.5 Å². The number of aryl methyl sites for hydroxylation is 3. The van der Waals surface area contributed by atoms with E-state index in [1.165, 1.54) is 0 Å². The highest BCUT2D eigenvalue weighted by Gasteiger charge is 2.06. The minimum atomic E-state index is 0.350. The Balaban J connectivity index is 2.30. The van der Waals surface area contributed by atoms with Crippen LogP contribution >= 0.6 is 0 Å². The molecule has 0 saturated carbocycles. The van der Waals surface area contributed by atoms with Crippen molar-refractivity contribution in [3.05, 3.63) is 41.2 Å². The van der Waals surface area contributed by atoms with Crippen LogP contribution in [0.3, 0.4) is 0 Å². The summed E-state index contributed by atoms with van der Waals surface area (Å²) in [7, 11) is 0. The van der Waals surface area contributed by atoms with Gasteiger partial charge in [-0.15, -0.1) is 0 Å². The first-order valence-electron chi connectivity index (χ1n) is 5.39. The normalized spacial score (nSPS) is 10.3. The highest BCUT2D eigenvalue weighted by molar-refractivity contribution is 5.54. The third-order valence-corrected chi connectivity index (χ3v) is 2.52. The zero-order valence-corrected chi connectivity index (χ0v) is 10.2. The summed E-state index contributed by atoms with van der Waals surface area (Å²) in [4.78, 5) is 8.20. The third-order valence-electron chi connectivity index (χ3n) is 2.52. The molecule has 0 aliphatic rings. The Bertz CT molecular complexity index is 535. The Kier molecular flexibility index (Phi) is 2.95. The van der Waals surface area contributed by atoms with Crippen LogP contribution in [0.5, 0.6) is 11.8 Å². The third kappa shape index (κ3) is 2.53. The molecule has 17 heavy (non-hydrogen) atoms. The van der Waals surface area contributed by atoms with Crippen molar-refractivity contribution in [1.82, 2.24) is 9.97 Å². The number of nitrogens with two attached hydrogens (primary N) is 1. The maximum Gasteiger partial charge on any atom is 0.321 e. The van der Waals surface area contributed by atoms with E-state index in [-0.39, 0.29) is 0 Å². The lowest BCUT2D eigenvalue weighted by Crippen LogP contribution is -1.96. The van der Waals surface area contributed by atoms with Gasteiger partial charge in [0.2, 0.25) is 0 Å². The summed E-state index contributed by atoms with van der Waals surface area (Å²) in [5, 5.41) is 0. The van der Waals surface area contributed by atoms with Gasteiger partial charge in [-0.25, -0.2) is 9.97 Å². The van der Waals surface area contributed by atoms with Gasteiger partial charge in [-0.3, -0.25) is 0 Å². The number of ether oxygens (including phenoxy) is 1. The van der Waals surface area contributed by atoms with Crippen molar-refractivity contribution >= 4 is 5.69 Å². The number of nitrogens with zero attached hydrogens (tertiary/aromatic N) is 2. The molecule has 0 spiro atoms. The average Bonchev–Trinajstić information content (AvgIpc) is 2.29. The van der Waals surface area contributed by atoms with Crippen LogP contribution in [0, 0.1) is 20.8 Å². The van der Waals surface area contributed by atoms with Crippen molar-refractivity contribution in [2.75, 3.05) is 5.73 Å². The molecule has 0 radical (unpaired) electrons. The number of benzene rings is 1. The second-order valence-corrected chi connectivity index (χ2v) is 4.12. The Morgan fingerprint density at radius 3 is 2.29 bits per heavy atom. The molecule has 0 unspecified atom stereocenters. The lowest BCUT2D eigenvalue weighted by atomic mass is 10.1. The van der Waals surface area contributed by atoms with E-state index in [0.717, 1.165) is 28.1 Å². The van der Waals surface area contributed by atoms with Crippen LogP contribution in [0.15, 0.2) is 24.5 Å². The summed E-state index contributed by atoms with van der Waals surface area (Å²) in [6.07, 6.45) is 3.45. The molecule has 1 aromatic heterocycles. The van der Waals surface area contributed by atoms with E-state index >= 15 is 0 Å². The van der Waals surface area contributed by atoms with Crippen LogP contribution in [-0.2, 0) is 0 Å². The standard InChI is InChI=1S/C13H15N3O/c1-8-6-15-13(16-7-8)17-12-5-9(2)11(14)4-10(12)3/h4-7H,14H2,1-3H3. The first-order valence-corrected chi connectivity index (χ1v) is 5.39. The highest BCUT2D eigenvalue weighted by Crippen LogP contribution is 2.27. The average molecular weight is 229 g/mol. The minimum absolute atomic E-state index is 0.350. The topological polar surface area (TPSA) is 61.0 Å². The van der Waals surface area contributed by atoms with E-state index in [1.807, 2.05) is 32.9 Å². The Hall–Kier alpha value is -2.10. The van der Waals surface area contributed by atoms with Gasteiger partial charge in [-0.05, 0) is 49.6 Å². The van der Waals surface area contributed by atoms with Crippen molar-refractivity contribution < 1.29 is 4.74 Å². The van der Waals surface area contributed by atoms with Gasteiger partial charge in [-0.1, -0.05) is 0 Å². The smallest absolute Gasteiger partial charge is 0.321 e. The highest BCUT2D eigenvalue weighted by atomic mass is 16.5. The van der Waals surface area contributed by atoms with Crippen molar-refractivity contribution in [3.63, 3.8) is 0 Å². The summed E-state index contributed by atoms with van der Waals surface area (Å²) in [5.41, 5.74) is 9.54. The monoisotopic (exact) mass is 229 g/mol. The molecule has 0 amide bonds. The number of aromatic nitrogens is 2. The Morgan fingerprint density at radius 2 is 1.65 bits per heavy atom. The first kappa shape index (κ1) is 11.4. The Morgan fingerprint density at radius 1 is 1.00 bits per heavy atom. The molecule has 0 saturated heterocycles. The van der Waals surface area contributed by atoms with Gasteiger partial charge in [-0.2, -0.15) is 0 Å². The fourth-order valence-corrected chi connectivity index (χ4v) is 1.45. The van der Waals surface area contributed by atoms with Crippen molar-refractivity contribution in [2.24, 2.45) is 0 Å². The van der Waals surface area contributed by atoms with E-state index in [4.69, 9.17) is 10.5 Å². The molecule has 2 N–H and O–H groups in total. The fourth-order valence-electron chi connectivity index (χ4n) is 1.45. The summed E-state index contributed by atoms with van der Waals surface area (Å²) in [5.74, 6) is 0.737. The van der Waals surface area contributed by atoms with Crippen molar-refractivity contribution in [2.45, 2.75) is 20.8 Å². The number of rotatable bonds is 2. The largest absolute Gasteiger partial charge is 0.424 e. The molecule has 4 nitrogen and oxygen atoms in total. The van der Waals surface area contributed by atoms with Gasteiger partial charge < -0.3 is 10.5 Å². The van der Waals surface area contributed by atoms with E-state index in [2.05, 4.69) is 9.97 Å². The van der Waals surface area contributed by atoms with Gasteiger partial charge in [0.15, 0.2) is 0 Å².